The Hall–Kier alpha value is -1.30. The molecule has 1 fully saturated rings. The molecule has 0 saturated carbocycles. The molecule has 0 unspecified atom stereocenters. The van der Waals surface area contributed by atoms with Crippen molar-refractivity contribution in [3.63, 3.8) is 0 Å². The van der Waals surface area contributed by atoms with E-state index < -0.39 is 5.60 Å². The Morgan fingerprint density at radius 1 is 1.38 bits per heavy atom. The molecule has 1 amide bonds. The molecule has 0 radical (unpaired) electrons. The van der Waals surface area contributed by atoms with Gasteiger partial charge in [-0.25, -0.2) is 4.79 Å². The van der Waals surface area contributed by atoms with Gasteiger partial charge in [-0.1, -0.05) is 6.92 Å². The maximum atomic E-state index is 11.8. The lowest BCUT2D eigenvalue weighted by Gasteiger charge is -2.34. The first kappa shape index (κ1) is 17.8. The van der Waals surface area contributed by atoms with Gasteiger partial charge in [0.25, 0.3) is 0 Å². The van der Waals surface area contributed by atoms with Crippen LogP contribution in [0.3, 0.4) is 0 Å². The van der Waals surface area contributed by atoms with E-state index in [-0.39, 0.29) is 24.0 Å². The lowest BCUT2D eigenvalue weighted by Crippen LogP contribution is -2.50. The second-order valence-corrected chi connectivity index (χ2v) is 6.67. The molecule has 1 aliphatic rings. The molecule has 0 aliphatic carbocycles. The highest BCUT2D eigenvalue weighted by Crippen LogP contribution is 2.14. The number of methoxy groups -OCH3 is 1. The average molecular weight is 300 g/mol. The molecule has 1 rings (SSSR count). The van der Waals surface area contributed by atoms with Gasteiger partial charge in [0.05, 0.1) is 13.0 Å². The molecular formula is C15H28N2O4. The Labute approximate surface area is 127 Å². The summed E-state index contributed by atoms with van der Waals surface area (Å²) in [6.07, 6.45) is 1.55. The number of alkyl carbamates (subject to hydrolysis) is 1. The molecule has 1 saturated heterocycles. The van der Waals surface area contributed by atoms with Crippen LogP contribution < -0.4 is 5.32 Å². The van der Waals surface area contributed by atoms with Gasteiger partial charge in [0.2, 0.25) is 0 Å². The molecule has 6 nitrogen and oxygen atoms in total. The van der Waals surface area contributed by atoms with Crippen LogP contribution in [0.1, 0.15) is 40.5 Å². The maximum Gasteiger partial charge on any atom is 0.407 e. The zero-order chi connectivity index (χ0) is 16.0. The van der Waals surface area contributed by atoms with Gasteiger partial charge in [-0.15, -0.1) is 0 Å². The number of hydrogen-bond acceptors (Lipinski definition) is 5. The number of carbonyl (C=O) groups is 2. The number of piperidine rings is 1. The Balaban J connectivity index is 2.42. The van der Waals surface area contributed by atoms with Crippen LogP contribution in [0.4, 0.5) is 4.79 Å². The van der Waals surface area contributed by atoms with Crippen LogP contribution in [0.2, 0.25) is 0 Å². The van der Waals surface area contributed by atoms with Crippen molar-refractivity contribution >= 4 is 12.1 Å². The molecular weight excluding hydrogens is 272 g/mol. The van der Waals surface area contributed by atoms with Crippen molar-refractivity contribution in [2.45, 2.75) is 52.2 Å². The summed E-state index contributed by atoms with van der Waals surface area (Å²) in [5.41, 5.74) is -0.488. The van der Waals surface area contributed by atoms with Crippen LogP contribution >= 0.6 is 0 Å². The van der Waals surface area contributed by atoms with Gasteiger partial charge < -0.3 is 19.7 Å². The van der Waals surface area contributed by atoms with E-state index in [2.05, 4.69) is 10.2 Å². The first-order chi connectivity index (χ1) is 9.71. The second kappa shape index (κ2) is 7.64. The molecule has 1 aliphatic heterocycles. The number of amides is 1. The summed E-state index contributed by atoms with van der Waals surface area (Å²) < 4.78 is 10.0. The predicted octanol–water partition coefficient (Wildman–Crippen LogP) is 1.78. The lowest BCUT2D eigenvalue weighted by atomic mass is 10.0. The molecule has 1 heterocycles. The van der Waals surface area contributed by atoms with Crippen LogP contribution in [0, 0.1) is 5.92 Å². The highest BCUT2D eigenvalue weighted by atomic mass is 16.6. The number of esters is 1. The third-order valence-corrected chi connectivity index (χ3v) is 3.36. The largest absolute Gasteiger partial charge is 0.469 e. The van der Waals surface area contributed by atoms with E-state index in [1.807, 2.05) is 27.7 Å². The number of ether oxygens (including phenoxy) is 2. The summed E-state index contributed by atoms with van der Waals surface area (Å²) in [5.74, 6) is -0.354. The summed E-state index contributed by atoms with van der Waals surface area (Å²) in [6, 6.07) is 0.0680. The third-order valence-electron chi connectivity index (χ3n) is 3.36. The zero-order valence-electron chi connectivity index (χ0n) is 13.8. The summed E-state index contributed by atoms with van der Waals surface area (Å²) in [7, 11) is 1.40. The fraction of sp³-hybridized carbons (Fsp3) is 0.867. The van der Waals surface area contributed by atoms with Crippen LogP contribution in [-0.4, -0.2) is 55.3 Å². The minimum Gasteiger partial charge on any atom is -0.469 e. The van der Waals surface area contributed by atoms with Gasteiger partial charge in [0, 0.05) is 19.1 Å². The van der Waals surface area contributed by atoms with Crippen LogP contribution in [0.15, 0.2) is 0 Å². The van der Waals surface area contributed by atoms with E-state index in [0.717, 1.165) is 25.9 Å². The van der Waals surface area contributed by atoms with Crippen LogP contribution in [0.25, 0.3) is 0 Å². The number of rotatable bonds is 4. The first-order valence-electron chi connectivity index (χ1n) is 7.51. The van der Waals surface area contributed by atoms with Gasteiger partial charge in [-0.3, -0.25) is 4.79 Å². The Morgan fingerprint density at radius 2 is 2.05 bits per heavy atom. The van der Waals surface area contributed by atoms with Gasteiger partial charge in [0.1, 0.15) is 5.60 Å². The average Bonchev–Trinajstić information content (AvgIpc) is 2.35. The zero-order valence-corrected chi connectivity index (χ0v) is 13.8. The number of nitrogens with zero attached hydrogens (tertiary/aromatic N) is 1. The van der Waals surface area contributed by atoms with E-state index in [1.54, 1.807) is 0 Å². The van der Waals surface area contributed by atoms with Crippen molar-refractivity contribution < 1.29 is 19.1 Å². The highest BCUT2D eigenvalue weighted by Gasteiger charge is 2.26. The lowest BCUT2D eigenvalue weighted by molar-refractivity contribution is -0.145. The van der Waals surface area contributed by atoms with E-state index in [9.17, 15) is 9.59 Å². The van der Waals surface area contributed by atoms with Gasteiger partial charge in [-0.05, 0) is 40.2 Å². The molecule has 122 valence electrons. The molecule has 0 bridgehead atoms. The fourth-order valence-corrected chi connectivity index (χ4v) is 2.48. The molecule has 0 aromatic rings. The van der Waals surface area contributed by atoms with E-state index >= 15 is 0 Å². The molecule has 0 spiro atoms. The van der Waals surface area contributed by atoms with Crippen molar-refractivity contribution in [1.82, 2.24) is 10.2 Å². The van der Waals surface area contributed by atoms with Crippen molar-refractivity contribution in [3.8, 4) is 0 Å². The molecule has 6 heteroatoms. The molecule has 0 aromatic carbocycles. The number of hydrogen-bond donors (Lipinski definition) is 1. The molecule has 0 aromatic heterocycles. The number of likely N-dealkylation sites (tertiary alicyclic amines) is 1. The van der Waals surface area contributed by atoms with Crippen LogP contribution in [-0.2, 0) is 14.3 Å². The summed E-state index contributed by atoms with van der Waals surface area (Å²) in [5, 5.41) is 2.90. The highest BCUT2D eigenvalue weighted by molar-refractivity contribution is 5.72. The van der Waals surface area contributed by atoms with E-state index in [1.165, 1.54) is 7.11 Å². The summed E-state index contributed by atoms with van der Waals surface area (Å²) in [6.45, 7) is 9.72. The van der Waals surface area contributed by atoms with Gasteiger partial charge >= 0.3 is 12.1 Å². The van der Waals surface area contributed by atoms with E-state index in [0.29, 0.717) is 6.54 Å². The standard InChI is InChI=1S/C15H28N2O4/c1-11(13(18)20-5)9-17-8-6-7-12(10-17)16-14(19)21-15(2,3)4/h11-12H,6-10H2,1-5H3,(H,16,19)/t11-,12+/m0/s1. The number of nitrogens with one attached hydrogen (secondary N) is 1. The maximum absolute atomic E-state index is 11.8. The quantitative estimate of drug-likeness (QED) is 0.802. The van der Waals surface area contributed by atoms with Crippen LogP contribution in [0.5, 0.6) is 0 Å². The minimum absolute atomic E-state index is 0.0680. The monoisotopic (exact) mass is 300 g/mol. The minimum atomic E-state index is -0.488. The molecule has 2 atom stereocenters. The first-order valence-corrected chi connectivity index (χ1v) is 7.51. The van der Waals surface area contributed by atoms with E-state index in [4.69, 9.17) is 9.47 Å². The fourth-order valence-electron chi connectivity index (χ4n) is 2.48. The predicted molar refractivity (Wildman–Crippen MR) is 80.0 cm³/mol. The van der Waals surface area contributed by atoms with Crippen molar-refractivity contribution in [2.75, 3.05) is 26.7 Å². The molecule has 1 N–H and O–H groups in total. The van der Waals surface area contributed by atoms with Gasteiger partial charge in [-0.2, -0.15) is 0 Å². The Morgan fingerprint density at radius 3 is 2.62 bits per heavy atom. The summed E-state index contributed by atoms with van der Waals surface area (Å²) >= 11 is 0. The third kappa shape index (κ3) is 6.80. The normalized spacial score (nSPS) is 21.5. The smallest absolute Gasteiger partial charge is 0.407 e. The second-order valence-electron chi connectivity index (χ2n) is 6.67. The topological polar surface area (TPSA) is 67.9 Å². The Kier molecular flexibility index (Phi) is 6.45. The Bertz CT molecular complexity index is 365. The van der Waals surface area contributed by atoms with Crippen molar-refractivity contribution in [1.29, 1.82) is 0 Å². The van der Waals surface area contributed by atoms with Gasteiger partial charge in [0.15, 0.2) is 0 Å². The number of carbonyl (C=O) groups excluding carboxylic acids is 2. The van der Waals surface area contributed by atoms with Crippen molar-refractivity contribution in [3.05, 3.63) is 0 Å². The SMILES string of the molecule is COC(=O)[C@@H](C)CN1CCC[C@@H](NC(=O)OC(C)(C)C)C1. The summed E-state index contributed by atoms with van der Waals surface area (Å²) in [4.78, 5) is 25.4. The van der Waals surface area contributed by atoms with Crippen molar-refractivity contribution in [2.24, 2.45) is 5.92 Å². The molecule has 21 heavy (non-hydrogen) atoms.